The van der Waals surface area contributed by atoms with E-state index in [1.807, 2.05) is 60.7 Å². The van der Waals surface area contributed by atoms with E-state index in [9.17, 15) is 8.42 Å². The fourth-order valence-corrected chi connectivity index (χ4v) is 6.01. The Labute approximate surface area is 224 Å². The monoisotopic (exact) mass is 535 g/mol. The van der Waals surface area contributed by atoms with Crippen LogP contribution >= 0.6 is 0 Å². The minimum Gasteiger partial charge on any atom is -0.374 e. The molecule has 0 bridgehead atoms. The number of hydrogen-bond donors (Lipinski definition) is 1. The molecule has 0 saturated carbocycles. The molecule has 0 unspecified atom stereocenters. The molecule has 0 aliphatic carbocycles. The summed E-state index contributed by atoms with van der Waals surface area (Å²) in [4.78, 5) is 0.198. The molecular weight excluding hydrogens is 502 g/mol. The fourth-order valence-electron chi connectivity index (χ4n) is 4.89. The SMILES string of the molecule is C=Cc1cccc(S(=O)(=O)NC[C@@H]2C[C@@H]3O[C@H](COCc4ccccc4)[C@@H](OCc4ccccc4)[C@@H]3O2)c1. The van der Waals surface area contributed by atoms with Gasteiger partial charge in [0.1, 0.15) is 18.3 Å². The molecule has 0 radical (unpaired) electrons. The summed E-state index contributed by atoms with van der Waals surface area (Å²) < 4.78 is 53.3. The predicted molar refractivity (Wildman–Crippen MR) is 145 cm³/mol. The van der Waals surface area contributed by atoms with Crippen molar-refractivity contribution in [3.05, 3.63) is 108 Å². The van der Waals surface area contributed by atoms with Crippen molar-refractivity contribution < 1.29 is 27.4 Å². The van der Waals surface area contributed by atoms with Gasteiger partial charge in [0.25, 0.3) is 0 Å². The Kier molecular flexibility index (Phi) is 8.68. The van der Waals surface area contributed by atoms with Crippen molar-refractivity contribution >= 4 is 16.1 Å². The van der Waals surface area contributed by atoms with Crippen molar-refractivity contribution in [2.45, 2.75) is 55.0 Å². The molecule has 0 spiro atoms. The number of hydrogen-bond acceptors (Lipinski definition) is 6. The first kappa shape index (κ1) is 26.7. The third-order valence-electron chi connectivity index (χ3n) is 6.84. The summed E-state index contributed by atoms with van der Waals surface area (Å²) in [6.07, 6.45) is 0.755. The Morgan fingerprint density at radius 3 is 2.34 bits per heavy atom. The standard InChI is InChI=1S/C30H33NO6S/c1-2-22-14-9-15-26(16-22)38(32,33)31-18-25-17-27-30(36-25)29(35-20-24-12-7-4-8-13-24)28(37-27)21-34-19-23-10-5-3-6-11-23/h2-16,25,27-31H,1,17-21H2/t25-,27-,28+,29+,30+/m0/s1. The number of benzene rings is 3. The lowest BCUT2D eigenvalue weighted by Gasteiger charge is -2.24. The van der Waals surface area contributed by atoms with E-state index in [1.54, 1.807) is 30.3 Å². The van der Waals surface area contributed by atoms with E-state index in [0.29, 0.717) is 26.2 Å². The molecule has 38 heavy (non-hydrogen) atoms. The van der Waals surface area contributed by atoms with Gasteiger partial charge in [-0.15, -0.1) is 0 Å². The second-order valence-corrected chi connectivity index (χ2v) is 11.3. The maximum absolute atomic E-state index is 12.8. The minimum absolute atomic E-state index is 0.150. The van der Waals surface area contributed by atoms with Gasteiger partial charge in [-0.1, -0.05) is 85.5 Å². The normalized spacial score (nSPS) is 24.8. The highest BCUT2D eigenvalue weighted by Crippen LogP contribution is 2.36. The summed E-state index contributed by atoms with van der Waals surface area (Å²) in [6, 6.07) is 26.6. The lowest BCUT2D eigenvalue weighted by Crippen LogP contribution is -2.39. The minimum atomic E-state index is -3.68. The smallest absolute Gasteiger partial charge is 0.240 e. The van der Waals surface area contributed by atoms with Crippen LogP contribution in [0.25, 0.3) is 6.08 Å². The van der Waals surface area contributed by atoms with E-state index >= 15 is 0 Å². The first-order chi connectivity index (χ1) is 18.5. The van der Waals surface area contributed by atoms with E-state index in [1.165, 1.54) is 0 Å². The maximum Gasteiger partial charge on any atom is 0.240 e. The van der Waals surface area contributed by atoms with Crippen LogP contribution < -0.4 is 4.72 Å². The van der Waals surface area contributed by atoms with Crippen molar-refractivity contribution in [1.29, 1.82) is 0 Å². The Bertz CT molecular complexity index is 1300. The molecule has 5 rings (SSSR count). The van der Waals surface area contributed by atoms with Gasteiger partial charge < -0.3 is 18.9 Å². The van der Waals surface area contributed by atoms with Gasteiger partial charge in [-0.05, 0) is 28.8 Å². The third-order valence-corrected chi connectivity index (χ3v) is 8.26. The van der Waals surface area contributed by atoms with Crippen LogP contribution in [-0.4, -0.2) is 52.1 Å². The second-order valence-electron chi connectivity index (χ2n) is 9.56. The van der Waals surface area contributed by atoms with Gasteiger partial charge >= 0.3 is 0 Å². The van der Waals surface area contributed by atoms with Gasteiger partial charge in [0.2, 0.25) is 10.0 Å². The summed E-state index contributed by atoms with van der Waals surface area (Å²) in [5.41, 5.74) is 2.89. The van der Waals surface area contributed by atoms with E-state index in [-0.39, 0.29) is 42.0 Å². The number of ether oxygens (including phenoxy) is 4. The van der Waals surface area contributed by atoms with Gasteiger partial charge in [-0.25, -0.2) is 13.1 Å². The van der Waals surface area contributed by atoms with E-state index < -0.39 is 10.0 Å². The fraction of sp³-hybridized carbons (Fsp3) is 0.333. The molecule has 0 aromatic heterocycles. The van der Waals surface area contributed by atoms with Crippen LogP contribution in [0.1, 0.15) is 23.1 Å². The highest BCUT2D eigenvalue weighted by atomic mass is 32.2. The molecule has 2 fully saturated rings. The highest BCUT2D eigenvalue weighted by molar-refractivity contribution is 7.89. The van der Waals surface area contributed by atoms with Crippen LogP contribution in [0, 0.1) is 0 Å². The second kappa shape index (κ2) is 12.3. The Morgan fingerprint density at radius 1 is 0.921 bits per heavy atom. The Morgan fingerprint density at radius 2 is 1.63 bits per heavy atom. The first-order valence-electron chi connectivity index (χ1n) is 12.8. The molecule has 3 aromatic carbocycles. The van der Waals surface area contributed by atoms with Crippen molar-refractivity contribution in [2.24, 2.45) is 0 Å². The van der Waals surface area contributed by atoms with Crippen molar-refractivity contribution in [3.63, 3.8) is 0 Å². The summed E-state index contributed by atoms with van der Waals surface area (Å²) in [6.45, 7) is 5.14. The van der Waals surface area contributed by atoms with Gasteiger partial charge in [0, 0.05) is 13.0 Å². The summed E-state index contributed by atoms with van der Waals surface area (Å²) in [5, 5.41) is 0. The summed E-state index contributed by atoms with van der Waals surface area (Å²) in [5.74, 6) is 0. The van der Waals surface area contributed by atoms with Crippen LogP contribution in [0.15, 0.2) is 96.4 Å². The summed E-state index contributed by atoms with van der Waals surface area (Å²) in [7, 11) is -3.68. The van der Waals surface area contributed by atoms with Crippen LogP contribution in [0.4, 0.5) is 0 Å². The van der Waals surface area contributed by atoms with Crippen LogP contribution in [0.3, 0.4) is 0 Å². The van der Waals surface area contributed by atoms with E-state index in [2.05, 4.69) is 11.3 Å². The average molecular weight is 536 g/mol. The lowest BCUT2D eigenvalue weighted by molar-refractivity contribution is -0.100. The Hall–Kier alpha value is -2.85. The molecule has 7 nitrogen and oxygen atoms in total. The topological polar surface area (TPSA) is 83.1 Å². The molecule has 2 heterocycles. The number of rotatable bonds is 12. The quantitative estimate of drug-likeness (QED) is 0.372. The average Bonchev–Trinajstić information content (AvgIpc) is 3.49. The molecule has 200 valence electrons. The lowest BCUT2D eigenvalue weighted by atomic mass is 10.1. The zero-order valence-electron chi connectivity index (χ0n) is 21.1. The van der Waals surface area contributed by atoms with Crippen molar-refractivity contribution in [3.8, 4) is 0 Å². The number of sulfonamides is 1. The van der Waals surface area contributed by atoms with Crippen LogP contribution in [-0.2, 0) is 42.2 Å². The molecule has 2 aliphatic rings. The molecule has 2 aliphatic heterocycles. The van der Waals surface area contributed by atoms with Gasteiger partial charge in [0.05, 0.1) is 36.9 Å². The molecule has 5 atom stereocenters. The van der Waals surface area contributed by atoms with Gasteiger partial charge in [-0.3, -0.25) is 0 Å². The van der Waals surface area contributed by atoms with E-state index in [4.69, 9.17) is 18.9 Å². The molecule has 0 amide bonds. The number of fused-ring (bicyclic) bond motifs is 1. The Balaban J connectivity index is 1.20. The predicted octanol–water partition coefficient (Wildman–Crippen LogP) is 4.34. The first-order valence-corrected chi connectivity index (χ1v) is 14.3. The zero-order chi connectivity index (χ0) is 26.4. The van der Waals surface area contributed by atoms with Crippen molar-refractivity contribution in [2.75, 3.05) is 13.2 Å². The molecular formula is C30H33NO6S. The van der Waals surface area contributed by atoms with Gasteiger partial charge in [-0.2, -0.15) is 0 Å². The highest BCUT2D eigenvalue weighted by Gasteiger charge is 2.51. The molecule has 1 N–H and O–H groups in total. The summed E-state index contributed by atoms with van der Waals surface area (Å²) >= 11 is 0. The number of nitrogens with one attached hydrogen (secondary N) is 1. The van der Waals surface area contributed by atoms with Crippen LogP contribution in [0.2, 0.25) is 0 Å². The van der Waals surface area contributed by atoms with Gasteiger partial charge in [0.15, 0.2) is 0 Å². The third kappa shape index (κ3) is 6.58. The largest absolute Gasteiger partial charge is 0.374 e. The zero-order valence-corrected chi connectivity index (χ0v) is 22.0. The van der Waals surface area contributed by atoms with E-state index in [0.717, 1.165) is 16.7 Å². The molecule has 3 aromatic rings. The molecule has 2 saturated heterocycles. The molecule has 8 heteroatoms. The maximum atomic E-state index is 12.8. The van der Waals surface area contributed by atoms with Crippen molar-refractivity contribution in [1.82, 2.24) is 4.72 Å². The van der Waals surface area contributed by atoms with Crippen LogP contribution in [0.5, 0.6) is 0 Å².